The van der Waals surface area contributed by atoms with Gasteiger partial charge in [0.1, 0.15) is 5.78 Å². The van der Waals surface area contributed by atoms with Gasteiger partial charge in [0.15, 0.2) is 0 Å². The normalized spacial score (nSPS) is 32.7. The molecule has 3 heterocycles. The second kappa shape index (κ2) is 8.70. The molecule has 1 N–H and O–H groups in total. The van der Waals surface area contributed by atoms with Crippen LogP contribution in [0.25, 0.3) is 0 Å². The fourth-order valence-electron chi connectivity index (χ4n) is 6.21. The van der Waals surface area contributed by atoms with Gasteiger partial charge in [-0.3, -0.25) is 9.69 Å². The van der Waals surface area contributed by atoms with Crippen molar-refractivity contribution in [1.29, 1.82) is 0 Å². The van der Waals surface area contributed by atoms with Gasteiger partial charge in [0, 0.05) is 39.6 Å². The average Bonchev–Trinajstić information content (AvgIpc) is 3.10. The number of fused-ring (bicyclic) bond motifs is 1. The molecule has 4 rings (SSSR count). The molecule has 4 aliphatic rings. The van der Waals surface area contributed by atoms with Crippen molar-refractivity contribution in [3.8, 4) is 0 Å². The van der Waals surface area contributed by atoms with Crippen molar-refractivity contribution in [2.75, 3.05) is 26.2 Å². The lowest BCUT2D eigenvalue weighted by Crippen LogP contribution is -2.54. The smallest absolute Gasteiger partial charge is 0.318 e. The summed E-state index contributed by atoms with van der Waals surface area (Å²) in [5, 5.41) is 3.24. The Bertz CT molecular complexity index is 587. The molecule has 158 valence electrons. The highest BCUT2D eigenvalue weighted by Gasteiger charge is 2.44. The first kappa shape index (κ1) is 18.9. The number of hydrogen-bond donors (Lipinski definition) is 1. The Kier molecular flexibility index (Phi) is 5.86. The fourth-order valence-corrected chi connectivity index (χ4v) is 6.21. The molecule has 3 saturated heterocycles. The summed E-state index contributed by atoms with van der Waals surface area (Å²) in [6.07, 6.45) is 10.0. The van der Waals surface area contributed by atoms with E-state index in [1.165, 1.54) is 12.8 Å². The SMILES string of the molecule is [2H]CC(=O)C(CC)N1CCC(N2CCC(N3C(=O)N[C@H]4CCCC[C@@H]43)CC2)CC1. The summed E-state index contributed by atoms with van der Waals surface area (Å²) in [4.78, 5) is 31.8. The molecule has 0 aromatic heterocycles. The molecule has 4 fully saturated rings. The van der Waals surface area contributed by atoms with Crippen LogP contribution in [0.2, 0.25) is 0 Å². The van der Waals surface area contributed by atoms with E-state index in [2.05, 4.69) is 26.9 Å². The zero-order valence-corrected chi connectivity index (χ0v) is 17.4. The molecule has 0 aromatic rings. The molecule has 1 saturated carbocycles. The third-order valence-electron chi connectivity index (χ3n) is 7.74. The quantitative estimate of drug-likeness (QED) is 0.783. The van der Waals surface area contributed by atoms with Crippen LogP contribution in [0.5, 0.6) is 0 Å². The number of nitrogens with zero attached hydrogens (tertiary/aromatic N) is 3. The minimum Gasteiger partial charge on any atom is -0.333 e. The van der Waals surface area contributed by atoms with E-state index in [9.17, 15) is 9.59 Å². The van der Waals surface area contributed by atoms with Crippen LogP contribution < -0.4 is 5.32 Å². The Morgan fingerprint density at radius 1 is 1.07 bits per heavy atom. The van der Waals surface area contributed by atoms with Crippen LogP contribution >= 0.6 is 0 Å². The van der Waals surface area contributed by atoms with Crippen LogP contribution in [0.3, 0.4) is 0 Å². The second-order valence-corrected chi connectivity index (χ2v) is 9.24. The number of nitrogens with one attached hydrogen (secondary N) is 1. The predicted molar refractivity (Wildman–Crippen MR) is 110 cm³/mol. The summed E-state index contributed by atoms with van der Waals surface area (Å²) in [6.45, 7) is 6.05. The van der Waals surface area contributed by atoms with Crippen molar-refractivity contribution in [1.82, 2.24) is 20.0 Å². The molecular formula is C22H38N4O2. The van der Waals surface area contributed by atoms with Gasteiger partial charge in [0.25, 0.3) is 0 Å². The van der Waals surface area contributed by atoms with Gasteiger partial charge < -0.3 is 15.1 Å². The van der Waals surface area contributed by atoms with E-state index >= 15 is 0 Å². The number of carbonyl (C=O) groups excluding carboxylic acids is 2. The van der Waals surface area contributed by atoms with Crippen LogP contribution in [-0.4, -0.2) is 82.9 Å². The van der Waals surface area contributed by atoms with Crippen molar-refractivity contribution in [2.45, 2.75) is 102 Å². The van der Waals surface area contributed by atoms with E-state index in [4.69, 9.17) is 1.37 Å². The molecule has 1 aliphatic carbocycles. The van der Waals surface area contributed by atoms with E-state index < -0.39 is 0 Å². The monoisotopic (exact) mass is 391 g/mol. The highest BCUT2D eigenvalue weighted by molar-refractivity contribution is 5.81. The van der Waals surface area contributed by atoms with Gasteiger partial charge in [-0.25, -0.2) is 4.79 Å². The topological polar surface area (TPSA) is 55.9 Å². The molecule has 6 heteroatoms. The minimum absolute atomic E-state index is 0.0590. The maximum absolute atomic E-state index is 12.6. The van der Waals surface area contributed by atoms with Crippen molar-refractivity contribution in [3.63, 3.8) is 0 Å². The lowest BCUT2D eigenvalue weighted by Gasteiger charge is -2.45. The zero-order chi connectivity index (χ0) is 20.4. The maximum atomic E-state index is 12.6. The Morgan fingerprint density at radius 3 is 2.43 bits per heavy atom. The van der Waals surface area contributed by atoms with Crippen molar-refractivity contribution in [2.24, 2.45) is 0 Å². The number of likely N-dealkylation sites (tertiary alicyclic amines) is 2. The molecule has 0 radical (unpaired) electrons. The van der Waals surface area contributed by atoms with Gasteiger partial charge >= 0.3 is 6.03 Å². The number of carbonyl (C=O) groups is 2. The molecule has 3 aliphatic heterocycles. The van der Waals surface area contributed by atoms with Crippen molar-refractivity contribution >= 4 is 11.8 Å². The number of hydrogen-bond acceptors (Lipinski definition) is 4. The van der Waals surface area contributed by atoms with Crippen LogP contribution in [0.1, 0.15) is 73.0 Å². The van der Waals surface area contributed by atoms with Crippen molar-refractivity contribution in [3.05, 3.63) is 0 Å². The van der Waals surface area contributed by atoms with Crippen LogP contribution in [0.15, 0.2) is 0 Å². The summed E-state index contributed by atoms with van der Waals surface area (Å²) in [6, 6.07) is 1.94. The molecule has 1 unspecified atom stereocenters. The van der Waals surface area contributed by atoms with Crippen molar-refractivity contribution < 1.29 is 11.0 Å². The minimum atomic E-state index is -0.0993. The molecule has 0 aromatic carbocycles. The summed E-state index contributed by atoms with van der Waals surface area (Å²) < 4.78 is 7.40. The molecule has 2 amide bonds. The number of amides is 2. The van der Waals surface area contributed by atoms with Gasteiger partial charge in [-0.1, -0.05) is 19.8 Å². The third-order valence-corrected chi connectivity index (χ3v) is 7.74. The van der Waals surface area contributed by atoms with E-state index in [-0.39, 0.29) is 24.8 Å². The first-order chi connectivity index (χ1) is 14.1. The van der Waals surface area contributed by atoms with E-state index in [0.717, 1.165) is 71.1 Å². The Labute approximate surface area is 171 Å². The van der Waals surface area contributed by atoms with E-state index in [0.29, 0.717) is 24.2 Å². The maximum Gasteiger partial charge on any atom is 0.318 e. The predicted octanol–water partition coefficient (Wildman–Crippen LogP) is 2.62. The zero-order valence-electron chi connectivity index (χ0n) is 18.4. The van der Waals surface area contributed by atoms with Crippen LogP contribution in [0.4, 0.5) is 4.79 Å². The van der Waals surface area contributed by atoms with Gasteiger partial charge in [0.05, 0.1) is 18.1 Å². The Hall–Kier alpha value is -1.14. The van der Waals surface area contributed by atoms with Gasteiger partial charge in [-0.2, -0.15) is 0 Å². The van der Waals surface area contributed by atoms with Crippen LogP contribution in [0, 0.1) is 0 Å². The first-order valence-corrected chi connectivity index (χ1v) is 11.5. The van der Waals surface area contributed by atoms with E-state index in [1.54, 1.807) is 0 Å². The Morgan fingerprint density at radius 2 is 1.75 bits per heavy atom. The molecular weight excluding hydrogens is 352 g/mol. The molecule has 0 bridgehead atoms. The standard InChI is InChI=1S/C22H38N4O2/c1-3-20(16(2)27)25-14-8-17(9-15-25)24-12-10-18(11-13-24)26-21-7-5-4-6-19(21)23-22(26)28/h17-21H,3-15H2,1-2H3,(H,23,28)/t19-,20?,21-/m0/s1/i2D. The second-order valence-electron chi connectivity index (χ2n) is 9.24. The first-order valence-electron chi connectivity index (χ1n) is 12.2. The number of urea groups is 1. The fraction of sp³-hybridized carbons (Fsp3) is 0.909. The molecule has 3 atom stereocenters. The summed E-state index contributed by atoms with van der Waals surface area (Å²) in [5.74, 6) is 0.0664. The largest absolute Gasteiger partial charge is 0.333 e. The summed E-state index contributed by atoms with van der Waals surface area (Å²) in [5.41, 5.74) is 0. The number of piperidine rings is 2. The number of rotatable bonds is 5. The average molecular weight is 392 g/mol. The number of ketones is 1. The molecule has 0 spiro atoms. The molecule has 28 heavy (non-hydrogen) atoms. The molecule has 6 nitrogen and oxygen atoms in total. The lowest BCUT2D eigenvalue weighted by atomic mass is 9.89. The third kappa shape index (κ3) is 3.95. The van der Waals surface area contributed by atoms with Gasteiger partial charge in [0.2, 0.25) is 0 Å². The lowest BCUT2D eigenvalue weighted by molar-refractivity contribution is -0.123. The highest BCUT2D eigenvalue weighted by atomic mass is 16.2. The summed E-state index contributed by atoms with van der Waals surface area (Å²) in [7, 11) is 0. The van der Waals surface area contributed by atoms with Gasteiger partial charge in [-0.05, 0) is 51.8 Å². The highest BCUT2D eigenvalue weighted by Crippen LogP contribution is 2.33. The van der Waals surface area contributed by atoms with Crippen LogP contribution in [-0.2, 0) is 4.79 Å². The number of Topliss-reactive ketones (excluding diaryl/α,β-unsaturated/α-hetero) is 1. The Balaban J connectivity index is 1.26. The van der Waals surface area contributed by atoms with Gasteiger partial charge in [-0.15, -0.1) is 0 Å². The summed E-state index contributed by atoms with van der Waals surface area (Å²) >= 11 is 0. The van der Waals surface area contributed by atoms with E-state index in [1.807, 2.05) is 0 Å².